The Morgan fingerprint density at radius 2 is 1.14 bits per heavy atom. The van der Waals surface area contributed by atoms with Crippen LogP contribution in [0.4, 0.5) is 57.1 Å². The minimum absolute atomic E-state index is 0.0821. The van der Waals surface area contributed by atoms with E-state index in [0.717, 1.165) is 6.07 Å². The van der Waals surface area contributed by atoms with Crippen LogP contribution in [0.15, 0.2) is 48.5 Å². The summed E-state index contributed by atoms with van der Waals surface area (Å²) in [6, 6.07) is 6.91. The largest absolute Gasteiger partial charge is 0.460 e. The zero-order valence-electron chi connectivity index (χ0n) is 17.0. The van der Waals surface area contributed by atoms with E-state index in [4.69, 9.17) is 11.6 Å². The Morgan fingerprint density at radius 3 is 1.64 bits per heavy atom. The van der Waals surface area contributed by atoms with Gasteiger partial charge in [0.2, 0.25) is 0 Å². The third kappa shape index (κ3) is 4.68. The molecule has 1 amide bonds. The third-order valence-electron chi connectivity index (χ3n) is 4.81. The van der Waals surface area contributed by atoms with Gasteiger partial charge in [0.25, 0.3) is 5.91 Å². The highest BCUT2D eigenvalue weighted by atomic mass is 35.5. The first-order valence-electron chi connectivity index (χ1n) is 9.21. The molecule has 0 bridgehead atoms. The highest BCUT2D eigenvalue weighted by molar-refractivity contribution is 6.30. The van der Waals surface area contributed by atoms with Crippen LogP contribution in [-0.2, 0) is 12.5 Å². The zero-order chi connectivity index (χ0) is 28.0. The lowest BCUT2D eigenvalue weighted by Gasteiger charge is -2.40. The molecule has 2 aromatic rings. The lowest BCUT2D eigenvalue weighted by atomic mass is 9.88. The maximum Gasteiger partial charge on any atom is 0.460 e. The average molecular weight is 564 g/mol. The van der Waals surface area contributed by atoms with Crippen LogP contribution >= 0.6 is 11.6 Å². The van der Waals surface area contributed by atoms with Crippen LogP contribution in [0.1, 0.15) is 21.5 Å². The van der Waals surface area contributed by atoms with Gasteiger partial charge in [0, 0.05) is 22.7 Å². The van der Waals surface area contributed by atoms with E-state index in [1.165, 1.54) is 24.3 Å². The maximum absolute atomic E-state index is 14.6. The number of rotatable bonds is 8. The molecule has 0 aliphatic heterocycles. The van der Waals surface area contributed by atoms with Crippen molar-refractivity contribution in [1.82, 2.24) is 5.32 Å². The van der Waals surface area contributed by atoms with Crippen molar-refractivity contribution in [2.75, 3.05) is 0 Å². The second-order valence-electron chi connectivity index (χ2n) is 7.22. The van der Waals surface area contributed by atoms with Crippen LogP contribution in [0, 0.1) is 0 Å². The SMILES string of the molecule is O=C(NCc1ccc(Cl)cc1)c1ccccc1C(F)(F)C(F)(F)C(F)(F)C(F)(F)C(F)(F)C(F)(F)F. The summed E-state index contributed by atoms with van der Waals surface area (Å²) >= 11 is 5.64. The summed E-state index contributed by atoms with van der Waals surface area (Å²) in [4.78, 5) is 12.3. The Morgan fingerprint density at radius 1 is 0.667 bits per heavy atom. The Balaban J connectivity index is 2.50. The summed E-state index contributed by atoms with van der Waals surface area (Å²) in [6.45, 7) is -0.460. The molecule has 0 aliphatic rings. The zero-order valence-corrected chi connectivity index (χ0v) is 17.8. The molecule has 0 radical (unpaired) electrons. The smallest absolute Gasteiger partial charge is 0.348 e. The molecular formula is C20H11ClF13NO. The van der Waals surface area contributed by atoms with E-state index in [1.54, 1.807) is 0 Å². The molecule has 16 heteroatoms. The van der Waals surface area contributed by atoms with Gasteiger partial charge in [0.15, 0.2) is 0 Å². The molecule has 0 aliphatic carbocycles. The van der Waals surface area contributed by atoms with Crippen LogP contribution in [0.2, 0.25) is 5.02 Å². The minimum Gasteiger partial charge on any atom is -0.348 e. The molecule has 0 atom stereocenters. The van der Waals surface area contributed by atoms with Crippen molar-refractivity contribution in [3.05, 3.63) is 70.2 Å². The minimum atomic E-state index is -8.03. The van der Waals surface area contributed by atoms with Gasteiger partial charge in [-0.15, -0.1) is 0 Å². The Bertz CT molecular complexity index is 1100. The normalized spacial score (nSPS) is 14.1. The highest BCUT2D eigenvalue weighted by Gasteiger charge is 2.91. The van der Waals surface area contributed by atoms with Crippen LogP contribution in [0.5, 0.6) is 0 Å². The molecule has 200 valence electrons. The number of benzene rings is 2. The number of amides is 1. The van der Waals surface area contributed by atoms with E-state index >= 15 is 0 Å². The highest BCUT2D eigenvalue weighted by Crippen LogP contribution is 2.62. The van der Waals surface area contributed by atoms with Crippen LogP contribution in [-0.4, -0.2) is 35.8 Å². The van der Waals surface area contributed by atoms with Crippen LogP contribution in [0.3, 0.4) is 0 Å². The lowest BCUT2D eigenvalue weighted by Crippen LogP contribution is -2.69. The van der Waals surface area contributed by atoms with E-state index in [9.17, 15) is 61.9 Å². The van der Waals surface area contributed by atoms with Crippen LogP contribution in [0.25, 0.3) is 0 Å². The first-order valence-corrected chi connectivity index (χ1v) is 9.58. The molecule has 2 aromatic carbocycles. The van der Waals surface area contributed by atoms with Gasteiger partial charge in [-0.05, 0) is 23.8 Å². The second-order valence-corrected chi connectivity index (χ2v) is 7.66. The van der Waals surface area contributed by atoms with Crippen molar-refractivity contribution < 1.29 is 61.9 Å². The van der Waals surface area contributed by atoms with Gasteiger partial charge >= 0.3 is 35.8 Å². The van der Waals surface area contributed by atoms with E-state index in [-0.39, 0.29) is 16.7 Å². The third-order valence-corrected chi connectivity index (χ3v) is 5.06. The van der Waals surface area contributed by atoms with Gasteiger partial charge in [-0.3, -0.25) is 4.79 Å². The summed E-state index contributed by atoms with van der Waals surface area (Å²) in [7, 11) is 0. The second kappa shape index (κ2) is 9.30. The number of carbonyl (C=O) groups excluding carboxylic acids is 1. The Labute approximate surface area is 198 Å². The molecule has 0 saturated heterocycles. The van der Waals surface area contributed by atoms with Crippen molar-refractivity contribution in [3.63, 3.8) is 0 Å². The average Bonchev–Trinajstić information content (AvgIpc) is 2.77. The van der Waals surface area contributed by atoms with Gasteiger partial charge in [-0.25, -0.2) is 0 Å². The lowest BCUT2D eigenvalue weighted by molar-refractivity contribution is -0.441. The molecule has 0 unspecified atom stereocenters. The number of halogens is 14. The molecule has 0 spiro atoms. The number of carbonyl (C=O) groups is 1. The van der Waals surface area contributed by atoms with Gasteiger partial charge in [-0.2, -0.15) is 57.1 Å². The summed E-state index contributed by atoms with van der Waals surface area (Å²) < 4.78 is 175. The van der Waals surface area contributed by atoms with Gasteiger partial charge in [0.05, 0.1) is 0 Å². The maximum atomic E-state index is 14.6. The quantitative estimate of drug-likeness (QED) is 0.332. The molecule has 0 aromatic heterocycles. The molecule has 0 fully saturated rings. The Hall–Kier alpha value is -2.71. The monoisotopic (exact) mass is 563 g/mol. The Kier molecular flexibility index (Phi) is 7.63. The van der Waals surface area contributed by atoms with Gasteiger partial charge in [0.1, 0.15) is 0 Å². The number of hydrogen-bond donors (Lipinski definition) is 1. The predicted octanol–water partition coefficient (Wildman–Crippen LogP) is 7.47. The van der Waals surface area contributed by atoms with Crippen molar-refractivity contribution >= 4 is 17.5 Å². The topological polar surface area (TPSA) is 29.1 Å². The standard InChI is InChI=1S/C20H11ClF13NO/c21-11-7-5-10(6-8-11)9-35-14(36)12-3-1-2-4-13(12)15(22,23)16(24,25)17(26,27)18(28,29)19(30,31)20(32,33)34/h1-8H,9H2,(H,35,36). The molecular weight excluding hydrogens is 553 g/mol. The number of nitrogens with one attached hydrogen (secondary N) is 1. The molecule has 36 heavy (non-hydrogen) atoms. The predicted molar refractivity (Wildman–Crippen MR) is 98.8 cm³/mol. The van der Waals surface area contributed by atoms with Crippen molar-refractivity contribution in [2.24, 2.45) is 0 Å². The summed E-state index contributed by atoms with van der Waals surface area (Å²) in [5, 5.41) is 2.20. The molecule has 0 heterocycles. The van der Waals surface area contributed by atoms with Gasteiger partial charge < -0.3 is 5.32 Å². The first kappa shape index (κ1) is 29.5. The van der Waals surface area contributed by atoms with Crippen molar-refractivity contribution in [1.29, 1.82) is 0 Å². The molecule has 2 rings (SSSR count). The van der Waals surface area contributed by atoms with Gasteiger partial charge in [-0.1, -0.05) is 41.9 Å². The number of alkyl halides is 13. The fraction of sp³-hybridized carbons (Fsp3) is 0.350. The van der Waals surface area contributed by atoms with Crippen molar-refractivity contribution in [3.8, 4) is 0 Å². The summed E-state index contributed by atoms with van der Waals surface area (Å²) in [5.41, 5.74) is -3.53. The van der Waals surface area contributed by atoms with E-state index < -0.39 is 59.4 Å². The van der Waals surface area contributed by atoms with Crippen molar-refractivity contribution in [2.45, 2.75) is 42.3 Å². The van der Waals surface area contributed by atoms with E-state index in [0.29, 0.717) is 12.1 Å². The van der Waals surface area contributed by atoms with E-state index in [2.05, 4.69) is 0 Å². The number of hydrogen-bond acceptors (Lipinski definition) is 1. The summed E-state index contributed by atoms with van der Waals surface area (Å²) in [5.74, 6) is -39.5. The van der Waals surface area contributed by atoms with E-state index in [1.807, 2.05) is 5.32 Å². The molecule has 1 N–H and O–H groups in total. The fourth-order valence-corrected chi connectivity index (χ4v) is 2.90. The first-order chi connectivity index (χ1) is 16.1. The fourth-order valence-electron chi connectivity index (χ4n) is 2.77. The summed E-state index contributed by atoms with van der Waals surface area (Å²) in [6.07, 6.45) is -7.51. The molecule has 2 nitrogen and oxygen atoms in total. The molecule has 0 saturated carbocycles. The van der Waals surface area contributed by atoms with Crippen LogP contribution < -0.4 is 5.32 Å².